The molecule has 0 radical (unpaired) electrons. The van der Waals surface area contributed by atoms with Gasteiger partial charge in [0.25, 0.3) is 0 Å². The monoisotopic (exact) mass is 752 g/mol. The number of rotatable bonds is 7. The quantitative estimate of drug-likeness (QED) is 0.163. The van der Waals surface area contributed by atoms with Crippen molar-refractivity contribution in [2.75, 3.05) is 0 Å². The molecule has 4 heteroatoms. The Balaban J connectivity index is 1.00. The minimum absolute atomic E-state index is 0.627. The lowest BCUT2D eigenvalue weighted by atomic mass is 10.00. The number of fused-ring (bicyclic) bond motifs is 4. The standard InChI is InChI=1S/C55H36N4/c1-4-14-37(15-5-1)42-26-27-44-34-47(29-28-43(44)32-42)55-57-53(39-18-8-3-9-19-39)56-54(58-55)46-22-12-20-40(33-46)41-21-13-23-48(35-41)59-51-25-11-10-24-49(51)50-31-30-45(36-52(50)59)38-16-6-2-7-17-38/h1-36H. The average Bonchev–Trinajstić information content (AvgIpc) is 3.66. The highest BCUT2D eigenvalue weighted by Gasteiger charge is 2.16. The summed E-state index contributed by atoms with van der Waals surface area (Å²) in [5, 5.41) is 4.76. The minimum atomic E-state index is 0.627. The lowest BCUT2D eigenvalue weighted by Gasteiger charge is -2.12. The summed E-state index contributed by atoms with van der Waals surface area (Å²) in [5.74, 6) is 1.90. The Labute approximate surface area is 342 Å². The van der Waals surface area contributed by atoms with Crippen molar-refractivity contribution in [2.45, 2.75) is 0 Å². The predicted molar refractivity (Wildman–Crippen MR) is 244 cm³/mol. The molecule has 2 heterocycles. The average molecular weight is 753 g/mol. The fourth-order valence-electron chi connectivity index (χ4n) is 8.27. The number of para-hydroxylation sites is 1. The van der Waals surface area contributed by atoms with Crippen LogP contribution >= 0.6 is 0 Å². The molecule has 11 rings (SSSR count). The Morgan fingerprint density at radius 3 is 1.39 bits per heavy atom. The van der Waals surface area contributed by atoms with Gasteiger partial charge in [0.2, 0.25) is 0 Å². The van der Waals surface area contributed by atoms with E-state index in [0.29, 0.717) is 17.5 Å². The van der Waals surface area contributed by atoms with E-state index in [1.165, 1.54) is 49.4 Å². The van der Waals surface area contributed by atoms with Gasteiger partial charge in [-0.25, -0.2) is 15.0 Å². The number of hydrogen-bond acceptors (Lipinski definition) is 3. The van der Waals surface area contributed by atoms with Crippen LogP contribution in [0.2, 0.25) is 0 Å². The second-order valence-electron chi connectivity index (χ2n) is 14.9. The predicted octanol–water partition coefficient (Wildman–Crippen LogP) is 14.1. The van der Waals surface area contributed by atoms with Crippen molar-refractivity contribution in [1.29, 1.82) is 0 Å². The van der Waals surface area contributed by atoms with E-state index in [2.05, 4.69) is 187 Å². The summed E-state index contributed by atoms with van der Waals surface area (Å²) in [6.07, 6.45) is 0. The van der Waals surface area contributed by atoms with E-state index in [4.69, 9.17) is 15.0 Å². The molecule has 0 aliphatic rings. The third kappa shape index (κ3) is 6.43. The summed E-state index contributed by atoms with van der Waals surface area (Å²) < 4.78 is 2.39. The summed E-state index contributed by atoms with van der Waals surface area (Å²) in [5.41, 5.74) is 13.2. The van der Waals surface area contributed by atoms with Gasteiger partial charge in [0.15, 0.2) is 17.5 Å². The summed E-state index contributed by atoms with van der Waals surface area (Å²) >= 11 is 0. The Bertz CT molecular complexity index is 3320. The second kappa shape index (κ2) is 14.5. The van der Waals surface area contributed by atoms with Crippen LogP contribution in [0.4, 0.5) is 0 Å². The molecule has 9 aromatic carbocycles. The molecule has 0 atom stereocenters. The van der Waals surface area contributed by atoms with Gasteiger partial charge in [-0.3, -0.25) is 0 Å². The molecule has 0 bridgehead atoms. The van der Waals surface area contributed by atoms with Gasteiger partial charge in [0.05, 0.1) is 11.0 Å². The van der Waals surface area contributed by atoms with Crippen LogP contribution in [0.1, 0.15) is 0 Å². The van der Waals surface area contributed by atoms with Crippen LogP contribution < -0.4 is 0 Å². The Morgan fingerprint density at radius 1 is 0.254 bits per heavy atom. The van der Waals surface area contributed by atoms with Crippen LogP contribution in [0.5, 0.6) is 0 Å². The minimum Gasteiger partial charge on any atom is -0.309 e. The Hall–Kier alpha value is -7.95. The lowest BCUT2D eigenvalue weighted by molar-refractivity contribution is 1.07. The number of aromatic nitrogens is 4. The fourth-order valence-corrected chi connectivity index (χ4v) is 8.27. The van der Waals surface area contributed by atoms with Crippen LogP contribution in [0.25, 0.3) is 106 Å². The van der Waals surface area contributed by atoms with Crippen LogP contribution in [0.15, 0.2) is 218 Å². The van der Waals surface area contributed by atoms with Gasteiger partial charge < -0.3 is 4.57 Å². The maximum Gasteiger partial charge on any atom is 0.164 e. The first kappa shape index (κ1) is 34.3. The van der Waals surface area contributed by atoms with E-state index in [1.807, 2.05) is 36.4 Å². The molecule has 0 unspecified atom stereocenters. The molecule has 0 saturated carbocycles. The second-order valence-corrected chi connectivity index (χ2v) is 14.9. The topological polar surface area (TPSA) is 43.6 Å². The molecule has 0 amide bonds. The highest BCUT2D eigenvalue weighted by molar-refractivity contribution is 6.10. The van der Waals surface area contributed by atoms with Gasteiger partial charge in [-0.1, -0.05) is 176 Å². The Kier molecular flexibility index (Phi) is 8.45. The van der Waals surface area contributed by atoms with Crippen molar-refractivity contribution in [3.63, 3.8) is 0 Å². The highest BCUT2D eigenvalue weighted by Crippen LogP contribution is 2.37. The molecule has 4 nitrogen and oxygen atoms in total. The maximum atomic E-state index is 5.14. The van der Waals surface area contributed by atoms with Crippen LogP contribution in [0.3, 0.4) is 0 Å². The smallest absolute Gasteiger partial charge is 0.164 e. The first-order valence-corrected chi connectivity index (χ1v) is 19.9. The van der Waals surface area contributed by atoms with Crippen molar-refractivity contribution < 1.29 is 0 Å². The van der Waals surface area contributed by atoms with E-state index in [0.717, 1.165) is 38.9 Å². The largest absolute Gasteiger partial charge is 0.309 e. The summed E-state index contributed by atoms with van der Waals surface area (Å²) in [7, 11) is 0. The zero-order chi connectivity index (χ0) is 39.1. The molecule has 59 heavy (non-hydrogen) atoms. The van der Waals surface area contributed by atoms with Crippen LogP contribution in [-0.4, -0.2) is 19.5 Å². The summed E-state index contributed by atoms with van der Waals surface area (Å²) in [4.78, 5) is 15.3. The van der Waals surface area contributed by atoms with E-state index in [9.17, 15) is 0 Å². The lowest BCUT2D eigenvalue weighted by Crippen LogP contribution is -2.00. The van der Waals surface area contributed by atoms with E-state index < -0.39 is 0 Å². The van der Waals surface area contributed by atoms with Crippen molar-refractivity contribution in [1.82, 2.24) is 19.5 Å². The first-order valence-electron chi connectivity index (χ1n) is 19.9. The van der Waals surface area contributed by atoms with Crippen LogP contribution in [-0.2, 0) is 0 Å². The van der Waals surface area contributed by atoms with Gasteiger partial charge in [0.1, 0.15) is 0 Å². The van der Waals surface area contributed by atoms with Crippen molar-refractivity contribution in [3.8, 4) is 73.2 Å². The number of hydrogen-bond donors (Lipinski definition) is 0. The molecule has 2 aromatic heterocycles. The number of nitrogens with zero attached hydrogens (tertiary/aromatic N) is 4. The third-order valence-electron chi connectivity index (χ3n) is 11.2. The van der Waals surface area contributed by atoms with Gasteiger partial charge in [-0.15, -0.1) is 0 Å². The van der Waals surface area contributed by atoms with Crippen LogP contribution in [0, 0.1) is 0 Å². The van der Waals surface area contributed by atoms with Crippen molar-refractivity contribution in [3.05, 3.63) is 218 Å². The molecule has 0 aliphatic carbocycles. The summed E-state index contributed by atoms with van der Waals surface area (Å²) in [6, 6.07) is 77.1. The summed E-state index contributed by atoms with van der Waals surface area (Å²) in [6.45, 7) is 0. The molecule has 276 valence electrons. The molecule has 0 saturated heterocycles. The van der Waals surface area contributed by atoms with Gasteiger partial charge in [-0.2, -0.15) is 0 Å². The molecule has 0 spiro atoms. The van der Waals surface area contributed by atoms with Crippen molar-refractivity contribution >= 4 is 32.6 Å². The SMILES string of the molecule is c1ccc(-c2ccc3cc(-c4nc(-c5ccccc5)nc(-c5cccc(-c6cccc(-n7c8ccccc8c8ccc(-c9ccccc9)cc87)c6)c5)n4)ccc3c2)cc1. The molecule has 0 N–H and O–H groups in total. The van der Waals surface area contributed by atoms with E-state index in [-0.39, 0.29) is 0 Å². The Morgan fingerprint density at radius 2 is 0.695 bits per heavy atom. The molecular weight excluding hydrogens is 717 g/mol. The first-order chi connectivity index (χ1) is 29.2. The molecule has 0 fully saturated rings. The van der Waals surface area contributed by atoms with Gasteiger partial charge in [0, 0.05) is 33.2 Å². The molecule has 11 aromatic rings. The fraction of sp³-hybridized carbons (Fsp3) is 0. The van der Waals surface area contributed by atoms with Gasteiger partial charge in [-0.05, 0) is 86.6 Å². The zero-order valence-electron chi connectivity index (χ0n) is 32.1. The molecular formula is C55H36N4. The van der Waals surface area contributed by atoms with E-state index in [1.54, 1.807) is 0 Å². The number of benzene rings is 9. The van der Waals surface area contributed by atoms with Gasteiger partial charge >= 0.3 is 0 Å². The normalized spacial score (nSPS) is 11.4. The van der Waals surface area contributed by atoms with E-state index >= 15 is 0 Å². The van der Waals surface area contributed by atoms with Crippen molar-refractivity contribution in [2.24, 2.45) is 0 Å². The molecule has 0 aliphatic heterocycles. The highest BCUT2D eigenvalue weighted by atomic mass is 15.0. The maximum absolute atomic E-state index is 5.14. The zero-order valence-corrected chi connectivity index (χ0v) is 32.1. The third-order valence-corrected chi connectivity index (χ3v) is 11.2.